The number of benzene rings is 1. The largest absolute Gasteiger partial charge is 0.399 e. The minimum Gasteiger partial charge on any atom is -0.399 e. The molecule has 2 N–H and O–H groups in total. The number of hydrogen-bond donors (Lipinski definition) is 1. The van der Waals surface area contributed by atoms with Crippen LogP contribution in [0, 0.1) is 0 Å². The van der Waals surface area contributed by atoms with Crippen LogP contribution in [0.5, 0.6) is 0 Å². The average molecular weight is 207 g/mol. The van der Waals surface area contributed by atoms with Crippen LogP contribution in [0.2, 0.25) is 0 Å². The van der Waals surface area contributed by atoms with Crippen molar-refractivity contribution in [3.05, 3.63) is 29.8 Å². The summed E-state index contributed by atoms with van der Waals surface area (Å²) in [5.41, 5.74) is 7.81. The second kappa shape index (κ2) is 5.14. The molecule has 0 radical (unpaired) electrons. The Kier molecular flexibility index (Phi) is 3.59. The molecule has 1 aromatic carbocycles. The molecule has 0 aromatic heterocycles. The van der Waals surface area contributed by atoms with Gasteiger partial charge in [-0.05, 0) is 30.5 Å². The average Bonchev–Trinajstić information content (AvgIpc) is 2.15. The lowest BCUT2D eigenvalue weighted by molar-refractivity contribution is -0.129. The highest BCUT2D eigenvalue weighted by Crippen LogP contribution is 2.10. The lowest BCUT2D eigenvalue weighted by Gasteiger charge is -2.25. The summed E-state index contributed by atoms with van der Waals surface area (Å²) in [5.74, 6) is 0. The van der Waals surface area contributed by atoms with Crippen LogP contribution in [0.1, 0.15) is 12.0 Å². The van der Waals surface area contributed by atoms with Gasteiger partial charge in [-0.1, -0.05) is 12.1 Å². The van der Waals surface area contributed by atoms with Crippen molar-refractivity contribution in [1.82, 2.24) is 0 Å². The third kappa shape index (κ3) is 3.22. The van der Waals surface area contributed by atoms with E-state index in [1.165, 1.54) is 5.56 Å². The molecule has 82 valence electrons. The van der Waals surface area contributed by atoms with Crippen molar-refractivity contribution in [2.45, 2.75) is 18.9 Å². The zero-order valence-electron chi connectivity index (χ0n) is 8.82. The van der Waals surface area contributed by atoms with Crippen LogP contribution < -0.4 is 5.73 Å². The second-order valence-corrected chi connectivity index (χ2v) is 3.88. The van der Waals surface area contributed by atoms with Gasteiger partial charge in [-0.3, -0.25) is 0 Å². The molecule has 1 aromatic rings. The van der Waals surface area contributed by atoms with E-state index >= 15 is 0 Å². The molecule has 1 saturated heterocycles. The van der Waals surface area contributed by atoms with Crippen LogP contribution in [-0.2, 0) is 15.9 Å². The number of nitrogens with two attached hydrogens (primary N) is 1. The molecule has 1 fully saturated rings. The van der Waals surface area contributed by atoms with Crippen molar-refractivity contribution >= 4 is 5.69 Å². The molecule has 3 heteroatoms. The molecule has 1 aliphatic rings. The van der Waals surface area contributed by atoms with E-state index in [4.69, 9.17) is 15.2 Å². The summed E-state index contributed by atoms with van der Waals surface area (Å²) in [7, 11) is 0. The number of rotatable bonds is 5. The topological polar surface area (TPSA) is 44.5 Å². The SMILES string of the molecule is Nc1cccc(CCCOC2COC2)c1. The molecule has 0 amide bonds. The highest BCUT2D eigenvalue weighted by Gasteiger charge is 2.17. The first-order valence-electron chi connectivity index (χ1n) is 5.38. The fraction of sp³-hybridized carbons (Fsp3) is 0.500. The Hall–Kier alpha value is -1.06. The Balaban J connectivity index is 1.64. The summed E-state index contributed by atoms with van der Waals surface area (Å²) in [4.78, 5) is 0. The summed E-state index contributed by atoms with van der Waals surface area (Å²) in [6.07, 6.45) is 2.41. The van der Waals surface area contributed by atoms with Gasteiger partial charge >= 0.3 is 0 Å². The lowest BCUT2D eigenvalue weighted by atomic mass is 10.1. The highest BCUT2D eigenvalue weighted by atomic mass is 16.6. The molecule has 0 atom stereocenters. The van der Waals surface area contributed by atoms with Gasteiger partial charge in [-0.25, -0.2) is 0 Å². The van der Waals surface area contributed by atoms with Gasteiger partial charge in [-0.2, -0.15) is 0 Å². The molecular weight excluding hydrogens is 190 g/mol. The predicted molar refractivity (Wildman–Crippen MR) is 59.7 cm³/mol. The Bertz CT molecular complexity index is 310. The molecule has 2 rings (SSSR count). The molecule has 1 aliphatic heterocycles. The zero-order valence-corrected chi connectivity index (χ0v) is 8.82. The Morgan fingerprint density at radius 2 is 2.27 bits per heavy atom. The molecule has 0 saturated carbocycles. The van der Waals surface area contributed by atoms with Crippen LogP contribution >= 0.6 is 0 Å². The van der Waals surface area contributed by atoms with Crippen molar-refractivity contribution < 1.29 is 9.47 Å². The maximum absolute atomic E-state index is 5.69. The van der Waals surface area contributed by atoms with Crippen molar-refractivity contribution in [3.63, 3.8) is 0 Å². The van der Waals surface area contributed by atoms with Gasteiger partial charge in [0.15, 0.2) is 0 Å². The Morgan fingerprint density at radius 3 is 2.93 bits per heavy atom. The molecular formula is C12H17NO2. The Labute approximate surface area is 90.2 Å². The van der Waals surface area contributed by atoms with Gasteiger partial charge in [0.05, 0.1) is 13.2 Å². The van der Waals surface area contributed by atoms with E-state index in [9.17, 15) is 0 Å². The summed E-state index contributed by atoms with van der Waals surface area (Å²) >= 11 is 0. The van der Waals surface area contributed by atoms with Crippen LogP contribution in [0.25, 0.3) is 0 Å². The summed E-state index contributed by atoms with van der Waals surface area (Å²) < 4.78 is 10.6. The first-order chi connectivity index (χ1) is 7.34. The number of aryl methyl sites for hydroxylation is 1. The predicted octanol–water partition coefficient (Wildman–Crippen LogP) is 1.62. The molecule has 15 heavy (non-hydrogen) atoms. The van der Waals surface area contributed by atoms with Crippen molar-refractivity contribution in [2.75, 3.05) is 25.6 Å². The van der Waals surface area contributed by atoms with E-state index in [1.807, 2.05) is 18.2 Å². The van der Waals surface area contributed by atoms with Gasteiger partial charge in [0.1, 0.15) is 6.10 Å². The normalized spacial score (nSPS) is 16.3. The van der Waals surface area contributed by atoms with E-state index in [2.05, 4.69) is 6.07 Å². The minimum atomic E-state index is 0.339. The van der Waals surface area contributed by atoms with Crippen LogP contribution in [0.4, 0.5) is 5.69 Å². The van der Waals surface area contributed by atoms with Crippen molar-refractivity contribution in [2.24, 2.45) is 0 Å². The fourth-order valence-corrected chi connectivity index (χ4v) is 1.59. The lowest BCUT2D eigenvalue weighted by Crippen LogP contribution is -2.36. The quantitative estimate of drug-likeness (QED) is 0.589. The van der Waals surface area contributed by atoms with E-state index in [1.54, 1.807) is 0 Å². The summed E-state index contributed by atoms with van der Waals surface area (Å²) in [6, 6.07) is 8.02. The molecule has 3 nitrogen and oxygen atoms in total. The molecule has 0 spiro atoms. The fourth-order valence-electron chi connectivity index (χ4n) is 1.59. The van der Waals surface area contributed by atoms with Crippen LogP contribution in [0.3, 0.4) is 0 Å². The Morgan fingerprint density at radius 1 is 1.40 bits per heavy atom. The van der Waals surface area contributed by atoms with Gasteiger partial charge in [-0.15, -0.1) is 0 Å². The standard InChI is InChI=1S/C12H17NO2/c13-11-5-1-3-10(7-11)4-2-6-15-12-8-14-9-12/h1,3,5,7,12H,2,4,6,8-9,13H2. The van der Waals surface area contributed by atoms with Gasteiger partial charge in [0.2, 0.25) is 0 Å². The zero-order chi connectivity index (χ0) is 10.5. The molecule has 0 aliphatic carbocycles. The minimum absolute atomic E-state index is 0.339. The molecule has 0 unspecified atom stereocenters. The summed E-state index contributed by atoms with van der Waals surface area (Å²) in [6.45, 7) is 2.33. The molecule has 0 bridgehead atoms. The van der Waals surface area contributed by atoms with Crippen LogP contribution in [-0.4, -0.2) is 25.9 Å². The van der Waals surface area contributed by atoms with E-state index in [0.717, 1.165) is 38.3 Å². The maximum atomic E-state index is 5.69. The third-order valence-electron chi connectivity index (χ3n) is 2.52. The number of anilines is 1. The van der Waals surface area contributed by atoms with E-state index in [-0.39, 0.29) is 0 Å². The summed E-state index contributed by atoms with van der Waals surface area (Å²) in [5, 5.41) is 0. The van der Waals surface area contributed by atoms with Crippen molar-refractivity contribution in [3.8, 4) is 0 Å². The van der Waals surface area contributed by atoms with Gasteiger partial charge in [0, 0.05) is 12.3 Å². The highest BCUT2D eigenvalue weighted by molar-refractivity contribution is 5.40. The second-order valence-electron chi connectivity index (χ2n) is 3.88. The van der Waals surface area contributed by atoms with Gasteiger partial charge < -0.3 is 15.2 Å². The maximum Gasteiger partial charge on any atom is 0.104 e. The van der Waals surface area contributed by atoms with E-state index < -0.39 is 0 Å². The smallest absolute Gasteiger partial charge is 0.104 e. The van der Waals surface area contributed by atoms with Crippen LogP contribution in [0.15, 0.2) is 24.3 Å². The van der Waals surface area contributed by atoms with Gasteiger partial charge in [0.25, 0.3) is 0 Å². The number of nitrogen functional groups attached to an aromatic ring is 1. The first kappa shape index (κ1) is 10.5. The monoisotopic (exact) mass is 207 g/mol. The van der Waals surface area contributed by atoms with E-state index in [0.29, 0.717) is 6.10 Å². The third-order valence-corrected chi connectivity index (χ3v) is 2.52. The van der Waals surface area contributed by atoms with Crippen molar-refractivity contribution in [1.29, 1.82) is 0 Å². The number of hydrogen-bond acceptors (Lipinski definition) is 3. The molecule has 1 heterocycles. The first-order valence-corrected chi connectivity index (χ1v) is 5.38. The number of ether oxygens (including phenoxy) is 2.